The van der Waals surface area contributed by atoms with Crippen LogP contribution >= 0.6 is 0 Å². The SMILES string of the molecule is Cc1ccc(C)c(NS(=O)(=O)c2ccc(NC(=O)CN(c3cccc4ccccc34)S(C)(=O)=O)cc2)c1. The summed E-state index contributed by atoms with van der Waals surface area (Å²) in [4.78, 5) is 12.9. The van der Waals surface area contributed by atoms with Crippen molar-refractivity contribution in [2.45, 2.75) is 18.7 Å². The fourth-order valence-corrected chi connectivity index (χ4v) is 5.89. The summed E-state index contributed by atoms with van der Waals surface area (Å²) >= 11 is 0. The van der Waals surface area contributed by atoms with E-state index in [0.717, 1.165) is 27.1 Å². The number of rotatable bonds is 8. The highest BCUT2D eigenvalue weighted by Gasteiger charge is 2.23. The normalized spacial score (nSPS) is 11.8. The molecular weight excluding hydrogens is 510 g/mol. The molecule has 10 heteroatoms. The number of benzene rings is 4. The summed E-state index contributed by atoms with van der Waals surface area (Å²) in [7, 11) is -7.62. The highest BCUT2D eigenvalue weighted by Crippen LogP contribution is 2.28. The van der Waals surface area contributed by atoms with E-state index >= 15 is 0 Å². The molecule has 0 aliphatic rings. The average Bonchev–Trinajstić information content (AvgIpc) is 2.84. The Labute approximate surface area is 217 Å². The van der Waals surface area contributed by atoms with Crippen LogP contribution in [0.1, 0.15) is 11.1 Å². The second-order valence-electron chi connectivity index (χ2n) is 8.76. The number of amides is 1. The molecule has 0 aromatic heterocycles. The van der Waals surface area contributed by atoms with Crippen molar-refractivity contribution in [2.24, 2.45) is 0 Å². The molecule has 0 aliphatic carbocycles. The molecule has 37 heavy (non-hydrogen) atoms. The summed E-state index contributed by atoms with van der Waals surface area (Å²) in [6.07, 6.45) is 1.05. The smallest absolute Gasteiger partial charge is 0.261 e. The first-order valence-corrected chi connectivity index (χ1v) is 14.7. The molecule has 0 unspecified atom stereocenters. The van der Waals surface area contributed by atoms with Crippen LogP contribution in [0.15, 0.2) is 89.8 Å². The molecule has 0 heterocycles. The molecular formula is C27H27N3O5S2. The van der Waals surface area contributed by atoms with E-state index in [1.165, 1.54) is 24.3 Å². The number of nitrogens with zero attached hydrogens (tertiary/aromatic N) is 1. The van der Waals surface area contributed by atoms with Crippen LogP contribution in [0.5, 0.6) is 0 Å². The van der Waals surface area contributed by atoms with Gasteiger partial charge in [-0.05, 0) is 66.8 Å². The molecule has 0 bridgehead atoms. The monoisotopic (exact) mass is 537 g/mol. The van der Waals surface area contributed by atoms with Crippen molar-refractivity contribution in [3.8, 4) is 0 Å². The van der Waals surface area contributed by atoms with Crippen LogP contribution in [0.25, 0.3) is 10.8 Å². The van der Waals surface area contributed by atoms with Gasteiger partial charge in [-0.15, -0.1) is 0 Å². The Kier molecular flexibility index (Phi) is 7.24. The maximum atomic E-state index is 12.8. The van der Waals surface area contributed by atoms with Crippen molar-refractivity contribution < 1.29 is 21.6 Å². The standard InChI is InChI=1S/C27H27N3O5S2/c1-19-11-12-20(2)25(17-19)29-37(34,35)23-15-13-22(14-16-23)28-27(31)18-30(36(3,32)33)26-10-6-8-21-7-4-5-9-24(21)26/h4-17,29H,18H2,1-3H3,(H,28,31). The van der Waals surface area contributed by atoms with Gasteiger partial charge in [0.25, 0.3) is 10.0 Å². The number of anilines is 3. The first-order valence-electron chi connectivity index (χ1n) is 11.4. The Morgan fingerprint density at radius 2 is 1.51 bits per heavy atom. The van der Waals surface area contributed by atoms with Gasteiger partial charge in [0.15, 0.2) is 0 Å². The lowest BCUT2D eigenvalue weighted by Gasteiger charge is -2.23. The van der Waals surface area contributed by atoms with Crippen molar-refractivity contribution in [3.05, 3.63) is 96.1 Å². The zero-order valence-electron chi connectivity index (χ0n) is 20.6. The topological polar surface area (TPSA) is 113 Å². The van der Waals surface area contributed by atoms with Gasteiger partial charge in [0.2, 0.25) is 15.9 Å². The number of aryl methyl sites for hydroxylation is 2. The van der Waals surface area contributed by atoms with Gasteiger partial charge in [-0.1, -0.05) is 48.5 Å². The van der Waals surface area contributed by atoms with E-state index in [-0.39, 0.29) is 4.90 Å². The van der Waals surface area contributed by atoms with E-state index in [2.05, 4.69) is 10.0 Å². The third-order valence-electron chi connectivity index (χ3n) is 5.81. The second-order valence-corrected chi connectivity index (χ2v) is 12.4. The number of nitrogens with one attached hydrogen (secondary N) is 2. The molecule has 0 aliphatic heterocycles. The Morgan fingerprint density at radius 3 is 2.22 bits per heavy atom. The average molecular weight is 538 g/mol. The first kappa shape index (κ1) is 26.2. The molecule has 1 amide bonds. The van der Waals surface area contributed by atoms with Gasteiger partial charge >= 0.3 is 0 Å². The summed E-state index contributed by atoms with van der Waals surface area (Å²) in [6, 6.07) is 23.7. The predicted molar refractivity (Wildman–Crippen MR) is 148 cm³/mol. The highest BCUT2D eigenvalue weighted by atomic mass is 32.2. The fourth-order valence-electron chi connectivity index (χ4n) is 3.90. The fraction of sp³-hybridized carbons (Fsp3) is 0.148. The third kappa shape index (κ3) is 6.10. The summed E-state index contributed by atoms with van der Waals surface area (Å²) < 4.78 is 54.5. The van der Waals surface area contributed by atoms with E-state index in [1.807, 2.05) is 44.2 Å². The molecule has 2 N–H and O–H groups in total. The van der Waals surface area contributed by atoms with Crippen molar-refractivity contribution in [1.29, 1.82) is 0 Å². The number of carbonyl (C=O) groups is 1. The molecule has 0 fully saturated rings. The van der Waals surface area contributed by atoms with E-state index in [4.69, 9.17) is 0 Å². The zero-order chi connectivity index (χ0) is 26.8. The lowest BCUT2D eigenvalue weighted by Crippen LogP contribution is -2.37. The molecule has 4 rings (SSSR count). The first-order chi connectivity index (χ1) is 17.4. The van der Waals surface area contributed by atoms with Gasteiger partial charge in [-0.3, -0.25) is 13.8 Å². The molecule has 0 saturated carbocycles. The minimum Gasteiger partial charge on any atom is -0.325 e. The van der Waals surface area contributed by atoms with Gasteiger partial charge in [-0.25, -0.2) is 16.8 Å². The van der Waals surface area contributed by atoms with E-state index in [9.17, 15) is 21.6 Å². The van der Waals surface area contributed by atoms with Crippen molar-refractivity contribution in [1.82, 2.24) is 0 Å². The molecule has 4 aromatic rings. The Morgan fingerprint density at radius 1 is 0.838 bits per heavy atom. The highest BCUT2D eigenvalue weighted by molar-refractivity contribution is 7.92. The van der Waals surface area contributed by atoms with Gasteiger partial charge in [0.1, 0.15) is 6.54 Å². The van der Waals surface area contributed by atoms with Crippen LogP contribution in [0, 0.1) is 13.8 Å². The number of hydrogen-bond acceptors (Lipinski definition) is 5. The van der Waals surface area contributed by atoms with Crippen molar-refractivity contribution >= 4 is 53.8 Å². The summed E-state index contributed by atoms with van der Waals surface area (Å²) in [5.41, 5.74) is 2.94. The Hall–Kier alpha value is -3.89. The van der Waals surface area contributed by atoms with Crippen molar-refractivity contribution in [3.63, 3.8) is 0 Å². The molecule has 4 aromatic carbocycles. The molecule has 192 valence electrons. The maximum Gasteiger partial charge on any atom is 0.261 e. The summed E-state index contributed by atoms with van der Waals surface area (Å²) in [6.45, 7) is 3.24. The summed E-state index contributed by atoms with van der Waals surface area (Å²) in [5, 5.41) is 4.20. The van der Waals surface area contributed by atoms with E-state index < -0.39 is 32.5 Å². The molecule has 8 nitrogen and oxygen atoms in total. The minimum atomic E-state index is -3.84. The second kappa shape index (κ2) is 10.2. The lowest BCUT2D eigenvalue weighted by atomic mass is 10.1. The number of sulfonamides is 2. The zero-order valence-corrected chi connectivity index (χ0v) is 22.2. The van der Waals surface area contributed by atoms with Crippen LogP contribution < -0.4 is 14.3 Å². The van der Waals surface area contributed by atoms with Crippen LogP contribution in [0.2, 0.25) is 0 Å². The van der Waals surface area contributed by atoms with Crippen LogP contribution in [0.4, 0.5) is 17.1 Å². The van der Waals surface area contributed by atoms with Gasteiger partial charge in [0, 0.05) is 11.1 Å². The van der Waals surface area contributed by atoms with Crippen molar-refractivity contribution in [2.75, 3.05) is 27.1 Å². The Balaban J connectivity index is 1.51. The largest absolute Gasteiger partial charge is 0.325 e. The van der Waals surface area contributed by atoms with Crippen LogP contribution in [-0.2, 0) is 24.8 Å². The third-order valence-corrected chi connectivity index (χ3v) is 8.32. The predicted octanol–water partition coefficient (Wildman–Crippen LogP) is 4.66. The van der Waals surface area contributed by atoms with E-state index in [0.29, 0.717) is 22.4 Å². The Bertz CT molecular complexity index is 1680. The molecule has 0 radical (unpaired) electrons. The quantitative estimate of drug-likeness (QED) is 0.339. The molecule has 0 spiro atoms. The van der Waals surface area contributed by atoms with Gasteiger partial charge in [-0.2, -0.15) is 0 Å². The summed E-state index contributed by atoms with van der Waals surface area (Å²) in [5.74, 6) is -0.567. The van der Waals surface area contributed by atoms with E-state index in [1.54, 1.807) is 30.3 Å². The lowest BCUT2D eigenvalue weighted by molar-refractivity contribution is -0.114. The molecule has 0 saturated heterocycles. The number of hydrogen-bond donors (Lipinski definition) is 2. The van der Waals surface area contributed by atoms with Gasteiger partial charge < -0.3 is 5.32 Å². The number of fused-ring (bicyclic) bond motifs is 1. The minimum absolute atomic E-state index is 0.0277. The number of carbonyl (C=O) groups excluding carboxylic acids is 1. The van der Waals surface area contributed by atoms with Gasteiger partial charge in [0.05, 0.1) is 22.5 Å². The molecule has 0 atom stereocenters. The van der Waals surface area contributed by atoms with Crippen LogP contribution in [0.3, 0.4) is 0 Å². The maximum absolute atomic E-state index is 12.8. The van der Waals surface area contributed by atoms with Crippen LogP contribution in [-0.4, -0.2) is 35.5 Å².